The number of allylic oxidation sites excluding steroid dienone is 1. The average Bonchev–Trinajstić information content (AvgIpc) is 2.75. The van der Waals surface area contributed by atoms with Gasteiger partial charge in [-0.1, -0.05) is 32.0 Å². The van der Waals surface area contributed by atoms with E-state index in [4.69, 9.17) is 9.47 Å². The summed E-state index contributed by atoms with van der Waals surface area (Å²) in [4.78, 5) is 2.46. The number of hydrogen-bond acceptors (Lipinski definition) is 3. The van der Waals surface area contributed by atoms with E-state index < -0.39 is 5.72 Å². The van der Waals surface area contributed by atoms with Crippen molar-refractivity contribution in [2.45, 2.75) is 46.3 Å². The number of methoxy groups -OCH3 is 2. The minimum Gasteiger partial charge on any atom is -0.496 e. The summed E-state index contributed by atoms with van der Waals surface area (Å²) in [7, 11) is 5.87. The Morgan fingerprint density at radius 1 is 1.03 bits per heavy atom. The van der Waals surface area contributed by atoms with Gasteiger partial charge in [-0.2, -0.15) is 0 Å². The van der Waals surface area contributed by atoms with Crippen LogP contribution in [0, 0.1) is 6.92 Å². The van der Waals surface area contributed by atoms with Gasteiger partial charge in [-0.25, -0.2) is 4.48 Å². The maximum absolute atomic E-state index is 6.35. The highest BCUT2D eigenvalue weighted by molar-refractivity contribution is 5.62. The lowest BCUT2D eigenvalue weighted by Gasteiger charge is -2.55. The molecule has 0 saturated heterocycles. The van der Waals surface area contributed by atoms with Gasteiger partial charge in [0.1, 0.15) is 11.4 Å². The molecule has 1 heterocycles. The molecule has 2 aromatic carbocycles. The molecule has 0 spiro atoms. The molecule has 156 valence electrons. The largest absolute Gasteiger partial charge is 0.496 e. The molecule has 0 N–H and O–H groups in total. The van der Waals surface area contributed by atoms with Gasteiger partial charge in [0, 0.05) is 30.5 Å². The number of quaternary nitrogens is 1. The van der Waals surface area contributed by atoms with Crippen LogP contribution >= 0.6 is 0 Å². The van der Waals surface area contributed by atoms with Crippen molar-refractivity contribution in [1.29, 1.82) is 0 Å². The van der Waals surface area contributed by atoms with Crippen molar-refractivity contribution in [3.05, 3.63) is 65.4 Å². The fourth-order valence-corrected chi connectivity index (χ4v) is 5.16. The molecule has 2 unspecified atom stereocenters. The lowest BCUT2D eigenvalue weighted by Crippen LogP contribution is -2.71. The first-order chi connectivity index (χ1) is 13.9. The van der Waals surface area contributed by atoms with Gasteiger partial charge in [0.25, 0.3) is 0 Å². The number of hydrogen-bond donors (Lipinski definition) is 0. The maximum Gasteiger partial charge on any atom is 0.233 e. The Balaban J connectivity index is 2.24. The zero-order valence-electron chi connectivity index (χ0n) is 19.0. The smallest absolute Gasteiger partial charge is 0.233 e. The number of nitrogens with zero attached hydrogens (tertiary/aromatic N) is 2. The number of benzene rings is 2. The standard InChI is InChI=1S/C25H35N2O2/c1-8-23-20(4)25(9-2,29-7)27(5,22-13-11-10-12-14-22)18-26(23)21-15-16-24(28-6)19(3)17-21/h10-17H,8-9,18H2,1-7H3/q+1. The zero-order valence-corrected chi connectivity index (χ0v) is 19.0. The van der Waals surface area contributed by atoms with Crippen molar-refractivity contribution in [1.82, 2.24) is 4.48 Å². The van der Waals surface area contributed by atoms with Crippen LogP contribution in [0.4, 0.5) is 11.4 Å². The molecule has 3 rings (SSSR count). The molecule has 0 amide bonds. The number of rotatable bonds is 6. The molecule has 2 aromatic rings. The highest BCUT2D eigenvalue weighted by Gasteiger charge is 2.55. The lowest BCUT2D eigenvalue weighted by atomic mass is 9.89. The van der Waals surface area contributed by atoms with E-state index in [2.05, 4.69) is 88.2 Å². The average molecular weight is 396 g/mol. The van der Waals surface area contributed by atoms with E-state index in [-0.39, 0.29) is 0 Å². The fraction of sp³-hybridized carbons (Fsp3) is 0.440. The van der Waals surface area contributed by atoms with Crippen LogP contribution in [0.2, 0.25) is 0 Å². The minimum absolute atomic E-state index is 0.398. The normalized spacial score (nSPS) is 24.7. The highest BCUT2D eigenvalue weighted by atomic mass is 16.5. The Morgan fingerprint density at radius 2 is 1.72 bits per heavy atom. The SMILES string of the molecule is CCC1=C(C)C(CC)(OC)[N+](C)(c2ccccc2)CN1c1ccc(OC)c(C)c1. The molecule has 0 bridgehead atoms. The van der Waals surface area contributed by atoms with Crippen LogP contribution in [0.5, 0.6) is 5.75 Å². The summed E-state index contributed by atoms with van der Waals surface area (Å²) in [5.41, 5.74) is 5.83. The second kappa shape index (κ2) is 8.21. The Kier molecular flexibility index (Phi) is 6.06. The van der Waals surface area contributed by atoms with Crippen LogP contribution in [0.15, 0.2) is 59.8 Å². The predicted molar refractivity (Wildman–Crippen MR) is 122 cm³/mol. The van der Waals surface area contributed by atoms with Gasteiger partial charge in [-0.3, -0.25) is 4.90 Å². The number of likely N-dealkylation sites (N-methyl/N-ethyl adjacent to an activating group) is 1. The molecule has 2 atom stereocenters. The van der Waals surface area contributed by atoms with Gasteiger partial charge < -0.3 is 9.47 Å². The second-order valence-electron chi connectivity index (χ2n) is 8.02. The van der Waals surface area contributed by atoms with Crippen molar-refractivity contribution in [2.24, 2.45) is 0 Å². The van der Waals surface area contributed by atoms with E-state index in [1.54, 1.807) is 7.11 Å². The van der Waals surface area contributed by atoms with Crippen LogP contribution < -0.4 is 14.1 Å². The van der Waals surface area contributed by atoms with Crippen LogP contribution in [0.1, 0.15) is 39.2 Å². The van der Waals surface area contributed by atoms with E-state index in [9.17, 15) is 0 Å². The Hall–Kier alpha value is -2.30. The van der Waals surface area contributed by atoms with Crippen molar-refractivity contribution in [3.8, 4) is 5.75 Å². The number of para-hydroxylation sites is 1. The highest BCUT2D eigenvalue weighted by Crippen LogP contribution is 2.46. The summed E-state index contributed by atoms with van der Waals surface area (Å²) < 4.78 is 12.5. The zero-order chi connectivity index (χ0) is 21.2. The molecule has 29 heavy (non-hydrogen) atoms. The molecular formula is C25H35N2O2+. The summed E-state index contributed by atoms with van der Waals surface area (Å²) in [5.74, 6) is 0.921. The number of anilines is 1. The Bertz CT molecular complexity index is 887. The summed E-state index contributed by atoms with van der Waals surface area (Å²) in [6.07, 6.45) is 1.86. The van der Waals surface area contributed by atoms with Gasteiger partial charge in [-0.05, 0) is 56.2 Å². The topological polar surface area (TPSA) is 21.7 Å². The van der Waals surface area contributed by atoms with E-state index in [0.29, 0.717) is 4.48 Å². The molecule has 1 aliphatic rings. The van der Waals surface area contributed by atoms with Crippen molar-refractivity contribution in [2.75, 3.05) is 32.8 Å². The molecule has 4 heteroatoms. The third-order valence-electron chi connectivity index (χ3n) is 6.73. The second-order valence-corrected chi connectivity index (χ2v) is 8.02. The molecular weight excluding hydrogens is 360 g/mol. The quantitative estimate of drug-likeness (QED) is 0.572. The number of aryl methyl sites for hydroxylation is 1. The monoisotopic (exact) mass is 395 g/mol. The van der Waals surface area contributed by atoms with E-state index in [1.165, 1.54) is 22.6 Å². The number of ether oxygens (including phenoxy) is 2. The third-order valence-corrected chi connectivity index (χ3v) is 6.73. The first kappa shape index (κ1) is 21.4. The van der Waals surface area contributed by atoms with E-state index in [0.717, 1.165) is 30.8 Å². The van der Waals surface area contributed by atoms with Crippen LogP contribution in [0.25, 0.3) is 0 Å². The first-order valence-corrected chi connectivity index (χ1v) is 10.5. The first-order valence-electron chi connectivity index (χ1n) is 10.5. The summed E-state index contributed by atoms with van der Waals surface area (Å²) in [5, 5.41) is 0. The van der Waals surface area contributed by atoms with Crippen molar-refractivity contribution in [3.63, 3.8) is 0 Å². The molecule has 0 aromatic heterocycles. The molecule has 0 aliphatic carbocycles. The molecule has 0 fully saturated rings. The molecule has 0 saturated carbocycles. The van der Waals surface area contributed by atoms with Crippen LogP contribution in [0.3, 0.4) is 0 Å². The Labute approximate surface area is 175 Å². The van der Waals surface area contributed by atoms with Gasteiger partial charge in [0.2, 0.25) is 5.72 Å². The van der Waals surface area contributed by atoms with E-state index in [1.807, 2.05) is 7.11 Å². The van der Waals surface area contributed by atoms with Gasteiger partial charge in [0.05, 0.1) is 14.2 Å². The van der Waals surface area contributed by atoms with Gasteiger partial charge in [0.15, 0.2) is 6.67 Å². The predicted octanol–water partition coefficient (Wildman–Crippen LogP) is 5.86. The minimum atomic E-state index is -0.398. The molecule has 4 nitrogen and oxygen atoms in total. The van der Waals surface area contributed by atoms with E-state index >= 15 is 0 Å². The maximum atomic E-state index is 6.35. The molecule has 0 radical (unpaired) electrons. The van der Waals surface area contributed by atoms with Crippen LogP contribution in [-0.2, 0) is 4.74 Å². The van der Waals surface area contributed by atoms with Crippen molar-refractivity contribution < 1.29 is 9.47 Å². The fourth-order valence-electron chi connectivity index (χ4n) is 5.16. The lowest BCUT2D eigenvalue weighted by molar-refractivity contribution is -0.0984. The van der Waals surface area contributed by atoms with Crippen molar-refractivity contribution >= 4 is 11.4 Å². The Morgan fingerprint density at radius 3 is 2.24 bits per heavy atom. The summed E-state index contributed by atoms with van der Waals surface area (Å²) in [6.45, 7) is 9.61. The van der Waals surface area contributed by atoms with Crippen LogP contribution in [-0.4, -0.2) is 33.7 Å². The van der Waals surface area contributed by atoms with Gasteiger partial charge >= 0.3 is 0 Å². The molecule has 1 aliphatic heterocycles. The summed E-state index contributed by atoms with van der Waals surface area (Å²) in [6, 6.07) is 17.2. The summed E-state index contributed by atoms with van der Waals surface area (Å²) >= 11 is 0. The van der Waals surface area contributed by atoms with Gasteiger partial charge in [-0.15, -0.1) is 0 Å². The third kappa shape index (κ3) is 3.24.